The summed E-state index contributed by atoms with van der Waals surface area (Å²) >= 11 is 1.35. The summed E-state index contributed by atoms with van der Waals surface area (Å²) in [4.78, 5) is 17.1. The van der Waals surface area contributed by atoms with Gasteiger partial charge in [0.05, 0.1) is 18.2 Å². The molecule has 0 fully saturated rings. The van der Waals surface area contributed by atoms with Crippen molar-refractivity contribution in [3.63, 3.8) is 0 Å². The first-order chi connectivity index (χ1) is 10.0. The molecular formula is C13H20N6OS. The lowest BCUT2D eigenvalue weighted by Gasteiger charge is -2.14. The quantitative estimate of drug-likeness (QED) is 0.841. The minimum Gasteiger partial charge on any atom is -0.375 e. The van der Waals surface area contributed by atoms with Crippen molar-refractivity contribution in [2.24, 2.45) is 0 Å². The molecule has 0 aliphatic carbocycles. The molecule has 0 saturated heterocycles. The van der Waals surface area contributed by atoms with Gasteiger partial charge in [0, 0.05) is 11.4 Å². The molecule has 1 atom stereocenters. The topological polar surface area (TPSA) is 98.7 Å². The zero-order chi connectivity index (χ0) is 15.4. The van der Waals surface area contributed by atoms with Crippen molar-refractivity contribution in [3.8, 4) is 0 Å². The van der Waals surface area contributed by atoms with Gasteiger partial charge in [0.25, 0.3) is 0 Å². The third kappa shape index (κ3) is 3.78. The van der Waals surface area contributed by atoms with Gasteiger partial charge in [-0.1, -0.05) is 6.92 Å². The van der Waals surface area contributed by atoms with Crippen LogP contribution in [0.5, 0.6) is 0 Å². The second-order valence-corrected chi connectivity index (χ2v) is 6.02. The Morgan fingerprint density at radius 1 is 1.57 bits per heavy atom. The van der Waals surface area contributed by atoms with E-state index in [2.05, 4.69) is 27.4 Å². The van der Waals surface area contributed by atoms with Crippen molar-refractivity contribution in [2.75, 3.05) is 5.73 Å². The number of carbonyl (C=O) groups excluding carboxylic acids is 1. The third-order valence-corrected chi connectivity index (χ3v) is 4.09. The second kappa shape index (κ2) is 6.66. The Balaban J connectivity index is 1.98. The van der Waals surface area contributed by atoms with Crippen molar-refractivity contribution in [3.05, 3.63) is 22.7 Å². The molecule has 2 aromatic rings. The molecule has 7 nitrogen and oxygen atoms in total. The van der Waals surface area contributed by atoms with E-state index >= 15 is 0 Å². The number of nitrogens with two attached hydrogens (primary N) is 1. The Labute approximate surface area is 127 Å². The monoisotopic (exact) mass is 308 g/mol. The van der Waals surface area contributed by atoms with E-state index in [1.54, 1.807) is 6.33 Å². The highest BCUT2D eigenvalue weighted by Crippen LogP contribution is 2.20. The second-order valence-electron chi connectivity index (χ2n) is 4.91. The SMILES string of the molecule is CCCn1cnnc1[C@H](C)NC(=O)Cc1sc(N)nc1C. The molecule has 2 rings (SSSR count). The van der Waals surface area contributed by atoms with Crippen LogP contribution in [0.15, 0.2) is 6.33 Å². The van der Waals surface area contributed by atoms with Crippen LogP contribution in [0.2, 0.25) is 0 Å². The molecule has 0 aliphatic heterocycles. The molecule has 1 amide bonds. The smallest absolute Gasteiger partial charge is 0.225 e. The summed E-state index contributed by atoms with van der Waals surface area (Å²) in [6.45, 7) is 6.69. The summed E-state index contributed by atoms with van der Waals surface area (Å²) in [5, 5.41) is 11.4. The van der Waals surface area contributed by atoms with Gasteiger partial charge in [-0.25, -0.2) is 4.98 Å². The highest BCUT2D eigenvalue weighted by atomic mass is 32.1. The van der Waals surface area contributed by atoms with E-state index in [1.165, 1.54) is 11.3 Å². The lowest BCUT2D eigenvalue weighted by molar-refractivity contribution is -0.121. The van der Waals surface area contributed by atoms with Gasteiger partial charge >= 0.3 is 0 Å². The molecule has 0 saturated carbocycles. The molecule has 114 valence electrons. The fourth-order valence-electron chi connectivity index (χ4n) is 2.13. The molecule has 0 radical (unpaired) electrons. The average molecular weight is 308 g/mol. The zero-order valence-electron chi connectivity index (χ0n) is 12.5. The first-order valence-corrected chi connectivity index (χ1v) is 7.71. The van der Waals surface area contributed by atoms with E-state index in [9.17, 15) is 4.79 Å². The number of nitrogens with zero attached hydrogens (tertiary/aromatic N) is 4. The number of rotatable bonds is 6. The lowest BCUT2D eigenvalue weighted by Crippen LogP contribution is -2.30. The van der Waals surface area contributed by atoms with Crippen LogP contribution in [0.25, 0.3) is 0 Å². The molecule has 0 aromatic carbocycles. The zero-order valence-corrected chi connectivity index (χ0v) is 13.3. The van der Waals surface area contributed by atoms with Crippen LogP contribution in [-0.2, 0) is 17.8 Å². The van der Waals surface area contributed by atoms with Crippen LogP contribution < -0.4 is 11.1 Å². The number of aromatic nitrogens is 4. The van der Waals surface area contributed by atoms with E-state index in [4.69, 9.17) is 5.73 Å². The molecule has 8 heteroatoms. The normalized spacial score (nSPS) is 12.3. The van der Waals surface area contributed by atoms with Crippen LogP contribution in [0.4, 0.5) is 5.13 Å². The molecule has 0 bridgehead atoms. The summed E-state index contributed by atoms with van der Waals surface area (Å²) in [5.41, 5.74) is 6.46. The fraction of sp³-hybridized carbons (Fsp3) is 0.538. The number of thiazole rings is 1. The summed E-state index contributed by atoms with van der Waals surface area (Å²) in [7, 11) is 0. The van der Waals surface area contributed by atoms with Crippen LogP contribution in [-0.4, -0.2) is 25.7 Å². The molecule has 3 N–H and O–H groups in total. The summed E-state index contributed by atoms with van der Waals surface area (Å²) < 4.78 is 1.96. The number of carbonyl (C=O) groups is 1. The molecule has 21 heavy (non-hydrogen) atoms. The largest absolute Gasteiger partial charge is 0.375 e. The highest BCUT2D eigenvalue weighted by Gasteiger charge is 2.17. The third-order valence-electron chi connectivity index (χ3n) is 3.11. The molecule has 0 unspecified atom stereocenters. The van der Waals surface area contributed by atoms with Crippen LogP contribution in [0.3, 0.4) is 0 Å². The van der Waals surface area contributed by atoms with Crippen molar-refractivity contribution in [1.82, 2.24) is 25.1 Å². The minimum atomic E-state index is -0.183. The number of nitrogens with one attached hydrogen (secondary N) is 1. The van der Waals surface area contributed by atoms with Gasteiger partial charge in [0.1, 0.15) is 6.33 Å². The van der Waals surface area contributed by atoms with E-state index in [0.717, 1.165) is 29.4 Å². The van der Waals surface area contributed by atoms with Gasteiger partial charge < -0.3 is 15.6 Å². The first kappa shape index (κ1) is 15.4. The minimum absolute atomic E-state index is 0.0692. The van der Waals surface area contributed by atoms with E-state index in [1.807, 2.05) is 18.4 Å². The molecule has 0 aliphatic rings. The molecule has 0 spiro atoms. The van der Waals surface area contributed by atoms with Crippen LogP contribution in [0, 0.1) is 6.92 Å². The maximum absolute atomic E-state index is 12.1. The standard InChI is InChI=1S/C13H20N6OS/c1-4-5-19-7-15-18-12(19)9(3)16-11(20)6-10-8(2)17-13(14)21-10/h7,9H,4-6H2,1-3H3,(H2,14,17)(H,16,20)/t9-/m0/s1. The van der Waals surface area contributed by atoms with Gasteiger partial charge in [-0.05, 0) is 20.3 Å². The van der Waals surface area contributed by atoms with Crippen LogP contribution >= 0.6 is 11.3 Å². The number of nitrogen functional groups attached to an aromatic ring is 1. The first-order valence-electron chi connectivity index (χ1n) is 6.90. The number of hydrogen-bond acceptors (Lipinski definition) is 6. The maximum atomic E-state index is 12.1. The predicted molar refractivity (Wildman–Crippen MR) is 81.8 cm³/mol. The molecule has 2 heterocycles. The number of anilines is 1. The Hall–Kier alpha value is -1.96. The molecule has 2 aromatic heterocycles. The van der Waals surface area contributed by atoms with E-state index in [-0.39, 0.29) is 18.4 Å². The van der Waals surface area contributed by atoms with Gasteiger partial charge in [0.2, 0.25) is 5.91 Å². The fourth-order valence-corrected chi connectivity index (χ4v) is 2.96. The number of aryl methyl sites for hydroxylation is 2. The van der Waals surface area contributed by atoms with Gasteiger partial charge in [-0.2, -0.15) is 0 Å². The van der Waals surface area contributed by atoms with Crippen molar-refractivity contribution in [1.29, 1.82) is 0 Å². The Morgan fingerprint density at radius 2 is 2.33 bits per heavy atom. The summed E-state index contributed by atoms with van der Waals surface area (Å²) in [6, 6.07) is -0.183. The summed E-state index contributed by atoms with van der Waals surface area (Å²) in [6.07, 6.45) is 2.97. The van der Waals surface area contributed by atoms with Crippen molar-refractivity contribution >= 4 is 22.4 Å². The van der Waals surface area contributed by atoms with Crippen molar-refractivity contribution in [2.45, 2.75) is 46.2 Å². The molecular weight excluding hydrogens is 288 g/mol. The maximum Gasteiger partial charge on any atom is 0.225 e. The number of amides is 1. The van der Waals surface area contributed by atoms with Crippen molar-refractivity contribution < 1.29 is 4.79 Å². The lowest BCUT2D eigenvalue weighted by atomic mass is 10.2. The Morgan fingerprint density at radius 3 is 2.95 bits per heavy atom. The van der Waals surface area contributed by atoms with E-state index < -0.39 is 0 Å². The number of hydrogen-bond donors (Lipinski definition) is 2. The van der Waals surface area contributed by atoms with Gasteiger partial charge in [-0.3, -0.25) is 4.79 Å². The highest BCUT2D eigenvalue weighted by molar-refractivity contribution is 7.15. The van der Waals surface area contributed by atoms with Gasteiger partial charge in [0.15, 0.2) is 11.0 Å². The Kier molecular flexibility index (Phi) is 4.89. The van der Waals surface area contributed by atoms with E-state index in [0.29, 0.717) is 5.13 Å². The Bertz CT molecular complexity index is 620. The average Bonchev–Trinajstić information content (AvgIpc) is 2.97. The predicted octanol–water partition coefficient (Wildman–Crippen LogP) is 1.46. The van der Waals surface area contributed by atoms with Crippen LogP contribution in [0.1, 0.15) is 42.7 Å². The summed E-state index contributed by atoms with van der Waals surface area (Å²) in [5.74, 6) is 0.700. The van der Waals surface area contributed by atoms with Gasteiger partial charge in [-0.15, -0.1) is 21.5 Å².